The molecule has 2 aromatic rings. The number of methoxy groups -OCH3 is 1. The summed E-state index contributed by atoms with van der Waals surface area (Å²) in [6.45, 7) is 1.54. The molecule has 0 bridgehead atoms. The fourth-order valence-electron chi connectivity index (χ4n) is 2.14. The van der Waals surface area contributed by atoms with Crippen LogP contribution >= 0.6 is 22.9 Å². The molecule has 2 N–H and O–H groups in total. The minimum atomic E-state index is -3.72. The number of hydrogen-bond acceptors (Lipinski definition) is 5. The number of nitrogens with one attached hydrogen (secondary N) is 1. The zero-order chi connectivity index (χ0) is 17.0. The Morgan fingerprint density at radius 3 is 2.39 bits per heavy atom. The Hall–Kier alpha value is -1.12. The molecular formula is C15H18ClNO4S2. The minimum absolute atomic E-state index is 0.128. The van der Waals surface area contributed by atoms with Gasteiger partial charge in [0, 0.05) is 0 Å². The van der Waals surface area contributed by atoms with Crippen molar-refractivity contribution in [1.82, 2.24) is 4.72 Å². The average molecular weight is 376 g/mol. The van der Waals surface area contributed by atoms with Gasteiger partial charge in [-0.3, -0.25) is 0 Å². The lowest BCUT2D eigenvalue weighted by molar-refractivity contribution is 0.242. The van der Waals surface area contributed by atoms with Crippen LogP contribution in [0.5, 0.6) is 5.75 Å². The van der Waals surface area contributed by atoms with E-state index < -0.39 is 16.1 Å². The molecule has 0 spiro atoms. The summed E-state index contributed by atoms with van der Waals surface area (Å²) >= 11 is 6.77. The van der Waals surface area contributed by atoms with Gasteiger partial charge in [-0.05, 0) is 35.7 Å². The smallest absolute Gasteiger partial charge is 0.250 e. The summed E-state index contributed by atoms with van der Waals surface area (Å²) in [5.41, 5.74) is 0.900. The first kappa shape index (κ1) is 18.2. The molecule has 2 rings (SSSR count). The molecule has 126 valence electrons. The number of benzene rings is 1. The molecule has 0 saturated heterocycles. The van der Waals surface area contributed by atoms with E-state index in [4.69, 9.17) is 16.3 Å². The molecule has 0 amide bonds. The molecule has 0 aliphatic rings. The summed E-state index contributed by atoms with van der Waals surface area (Å²) in [6, 6.07) is 9.63. The van der Waals surface area contributed by atoms with Crippen LogP contribution in [0.2, 0.25) is 4.34 Å². The van der Waals surface area contributed by atoms with Crippen LogP contribution in [0.3, 0.4) is 0 Å². The lowest BCUT2D eigenvalue weighted by Crippen LogP contribution is -2.40. The Morgan fingerprint density at radius 2 is 1.91 bits per heavy atom. The molecule has 0 aliphatic heterocycles. The van der Waals surface area contributed by atoms with Crippen LogP contribution in [0.4, 0.5) is 0 Å². The second kappa shape index (κ2) is 7.63. The molecule has 5 nitrogen and oxygen atoms in total. The van der Waals surface area contributed by atoms with Gasteiger partial charge in [0.1, 0.15) is 9.96 Å². The third kappa shape index (κ3) is 4.45. The Labute approximate surface area is 144 Å². The maximum atomic E-state index is 12.4. The predicted octanol–water partition coefficient (Wildman–Crippen LogP) is 2.85. The van der Waals surface area contributed by atoms with Crippen LogP contribution in [-0.2, 0) is 10.0 Å². The van der Waals surface area contributed by atoms with Gasteiger partial charge in [0.05, 0.1) is 24.1 Å². The zero-order valence-electron chi connectivity index (χ0n) is 12.7. The van der Waals surface area contributed by atoms with Crippen molar-refractivity contribution in [2.45, 2.75) is 23.1 Å². The molecule has 1 aromatic heterocycles. The highest BCUT2D eigenvalue weighted by Gasteiger charge is 2.26. The van der Waals surface area contributed by atoms with Crippen LogP contribution in [-0.4, -0.2) is 33.3 Å². The van der Waals surface area contributed by atoms with E-state index in [0.717, 1.165) is 22.6 Å². The first-order valence-corrected chi connectivity index (χ1v) is 9.57. The SMILES string of the molecule is COc1ccc([C@@H](C)[C@H](CO)NS(=O)(=O)c2ccc(Cl)s2)cc1. The largest absolute Gasteiger partial charge is 0.497 e. The predicted molar refractivity (Wildman–Crippen MR) is 91.9 cm³/mol. The highest BCUT2D eigenvalue weighted by molar-refractivity contribution is 7.91. The van der Waals surface area contributed by atoms with Gasteiger partial charge >= 0.3 is 0 Å². The van der Waals surface area contributed by atoms with E-state index in [0.29, 0.717) is 4.34 Å². The summed E-state index contributed by atoms with van der Waals surface area (Å²) in [7, 11) is -2.14. The molecule has 23 heavy (non-hydrogen) atoms. The summed E-state index contributed by atoms with van der Waals surface area (Å²) in [5, 5.41) is 9.60. The Morgan fingerprint density at radius 1 is 1.26 bits per heavy atom. The second-order valence-corrected chi connectivity index (χ2v) is 8.69. The van der Waals surface area contributed by atoms with Gasteiger partial charge in [-0.1, -0.05) is 30.7 Å². The third-order valence-corrected chi connectivity index (χ3v) is 6.77. The monoisotopic (exact) mass is 375 g/mol. The number of halogens is 1. The highest BCUT2D eigenvalue weighted by Crippen LogP contribution is 2.27. The number of aliphatic hydroxyl groups is 1. The van der Waals surface area contributed by atoms with Gasteiger partial charge in [0.15, 0.2) is 0 Å². The molecule has 1 heterocycles. The standard InChI is InChI=1S/C15H18ClNO4S2/c1-10(11-3-5-12(21-2)6-4-11)13(9-18)17-23(19,20)15-8-7-14(16)22-15/h3-8,10,13,17-18H,9H2,1-2H3/t10-,13+/m1/s1. The maximum Gasteiger partial charge on any atom is 0.250 e. The number of ether oxygens (including phenoxy) is 1. The summed E-state index contributed by atoms with van der Waals surface area (Å²) in [5.74, 6) is 0.506. The summed E-state index contributed by atoms with van der Waals surface area (Å²) < 4.78 is 32.9. The average Bonchev–Trinajstić information content (AvgIpc) is 2.99. The van der Waals surface area contributed by atoms with E-state index in [1.165, 1.54) is 12.1 Å². The topological polar surface area (TPSA) is 75.6 Å². The summed E-state index contributed by atoms with van der Waals surface area (Å²) in [6.07, 6.45) is 0. The van der Waals surface area contributed by atoms with E-state index >= 15 is 0 Å². The molecular weight excluding hydrogens is 358 g/mol. The van der Waals surface area contributed by atoms with Gasteiger partial charge in [-0.15, -0.1) is 11.3 Å². The van der Waals surface area contributed by atoms with E-state index in [2.05, 4.69) is 4.72 Å². The number of sulfonamides is 1. The first-order valence-electron chi connectivity index (χ1n) is 6.90. The Kier molecular flexibility index (Phi) is 6.05. The third-order valence-electron chi connectivity index (χ3n) is 3.56. The van der Waals surface area contributed by atoms with Crippen molar-refractivity contribution in [3.63, 3.8) is 0 Å². The fourth-order valence-corrected chi connectivity index (χ4v) is 4.94. The lowest BCUT2D eigenvalue weighted by Gasteiger charge is -2.23. The van der Waals surface area contributed by atoms with E-state index in [1.807, 2.05) is 19.1 Å². The van der Waals surface area contributed by atoms with Crippen LogP contribution in [0.15, 0.2) is 40.6 Å². The number of thiophene rings is 1. The van der Waals surface area contributed by atoms with Crippen molar-refractivity contribution in [2.75, 3.05) is 13.7 Å². The van der Waals surface area contributed by atoms with Crippen molar-refractivity contribution in [1.29, 1.82) is 0 Å². The molecule has 0 aliphatic carbocycles. The van der Waals surface area contributed by atoms with E-state index in [-0.39, 0.29) is 16.7 Å². The number of aliphatic hydroxyl groups excluding tert-OH is 1. The number of rotatable bonds is 7. The van der Waals surface area contributed by atoms with Crippen LogP contribution < -0.4 is 9.46 Å². The van der Waals surface area contributed by atoms with Gasteiger partial charge < -0.3 is 9.84 Å². The van der Waals surface area contributed by atoms with Crippen molar-refractivity contribution in [2.24, 2.45) is 0 Å². The maximum absolute atomic E-state index is 12.4. The van der Waals surface area contributed by atoms with Crippen molar-refractivity contribution >= 4 is 33.0 Å². The zero-order valence-corrected chi connectivity index (χ0v) is 15.1. The second-order valence-electron chi connectivity index (χ2n) is 5.03. The van der Waals surface area contributed by atoms with Crippen molar-refractivity contribution in [3.05, 3.63) is 46.3 Å². The van der Waals surface area contributed by atoms with Crippen molar-refractivity contribution < 1.29 is 18.3 Å². The Bertz CT molecular complexity index is 743. The van der Waals surface area contributed by atoms with Crippen LogP contribution in [0, 0.1) is 0 Å². The molecule has 1 aromatic carbocycles. The fraction of sp³-hybridized carbons (Fsp3) is 0.333. The molecule has 2 atom stereocenters. The van der Waals surface area contributed by atoms with E-state index in [9.17, 15) is 13.5 Å². The van der Waals surface area contributed by atoms with Crippen LogP contribution in [0.25, 0.3) is 0 Å². The molecule has 0 fully saturated rings. The van der Waals surface area contributed by atoms with E-state index in [1.54, 1.807) is 19.2 Å². The lowest BCUT2D eigenvalue weighted by atomic mass is 9.94. The van der Waals surface area contributed by atoms with Gasteiger partial charge in [0.2, 0.25) is 10.0 Å². The summed E-state index contributed by atoms with van der Waals surface area (Å²) in [4.78, 5) is 0. The van der Waals surface area contributed by atoms with Crippen molar-refractivity contribution in [3.8, 4) is 5.75 Å². The quantitative estimate of drug-likeness (QED) is 0.780. The van der Waals surface area contributed by atoms with Gasteiger partial charge in [-0.25, -0.2) is 13.1 Å². The van der Waals surface area contributed by atoms with Gasteiger partial charge in [-0.2, -0.15) is 0 Å². The molecule has 0 unspecified atom stereocenters. The molecule has 0 saturated carbocycles. The first-order chi connectivity index (χ1) is 10.9. The minimum Gasteiger partial charge on any atom is -0.497 e. The van der Waals surface area contributed by atoms with Crippen LogP contribution in [0.1, 0.15) is 18.4 Å². The van der Waals surface area contributed by atoms with Gasteiger partial charge in [0.25, 0.3) is 0 Å². The highest BCUT2D eigenvalue weighted by atomic mass is 35.5. The normalized spacial score (nSPS) is 14.4. The molecule has 8 heteroatoms. The Balaban J connectivity index is 2.18. The number of hydrogen-bond donors (Lipinski definition) is 2. The molecule has 0 radical (unpaired) electrons.